The summed E-state index contributed by atoms with van der Waals surface area (Å²) in [6.07, 6.45) is -2.13. The van der Waals surface area contributed by atoms with Gasteiger partial charge in [0.15, 0.2) is 9.84 Å². The average Bonchev–Trinajstić information content (AvgIpc) is 3.31. The van der Waals surface area contributed by atoms with E-state index in [-0.39, 0.29) is 50.1 Å². The van der Waals surface area contributed by atoms with Crippen molar-refractivity contribution in [1.29, 1.82) is 0 Å². The number of likely N-dealkylation sites (tertiary alicyclic amines) is 1. The van der Waals surface area contributed by atoms with Gasteiger partial charge >= 0.3 is 6.18 Å². The third-order valence-electron chi connectivity index (χ3n) is 7.09. The van der Waals surface area contributed by atoms with Crippen molar-refractivity contribution >= 4 is 25.8 Å². The van der Waals surface area contributed by atoms with Gasteiger partial charge in [-0.1, -0.05) is 6.07 Å². The first-order valence-corrected chi connectivity index (χ1v) is 16.1. The van der Waals surface area contributed by atoms with Gasteiger partial charge in [-0.2, -0.15) is 28.2 Å². The van der Waals surface area contributed by atoms with E-state index in [9.17, 15) is 39.2 Å². The molecule has 2 aromatic carbocycles. The SMILES string of the molecule is Cc1cnn(Cc2cc(C(F)(F)F)ccc2CCC(=O)N2CCC(CS(=O)(=O)c3ccc(S(N)(=O)=O)cc3F)CC2)n1. The Hall–Kier alpha value is -3.37. The van der Waals surface area contributed by atoms with Gasteiger partial charge in [0.1, 0.15) is 10.7 Å². The van der Waals surface area contributed by atoms with Crippen LogP contribution in [0.1, 0.15) is 41.6 Å². The lowest BCUT2D eigenvalue weighted by Crippen LogP contribution is -2.40. The predicted octanol–water partition coefficient (Wildman–Crippen LogP) is 3.09. The Morgan fingerprint density at radius 2 is 1.74 bits per heavy atom. The number of hydrogen-bond acceptors (Lipinski definition) is 7. The summed E-state index contributed by atoms with van der Waals surface area (Å²) in [5.41, 5.74) is 0.706. The molecule has 0 bridgehead atoms. The lowest BCUT2D eigenvalue weighted by atomic mass is 9.97. The molecule has 10 nitrogen and oxygen atoms in total. The van der Waals surface area contributed by atoms with Crippen LogP contribution in [-0.4, -0.2) is 61.5 Å². The summed E-state index contributed by atoms with van der Waals surface area (Å²) < 4.78 is 103. The fourth-order valence-electron chi connectivity index (χ4n) is 4.87. The molecule has 1 saturated heterocycles. The molecular formula is C26H29F4N5O5S2. The minimum atomic E-state index is -4.53. The number of carbonyl (C=O) groups is 1. The number of aryl methyl sites for hydroxylation is 2. The number of piperidine rings is 1. The molecule has 0 atom stereocenters. The third kappa shape index (κ3) is 7.72. The number of primary sulfonamides is 1. The molecule has 4 rings (SSSR count). The Bertz CT molecular complexity index is 1680. The fraction of sp³-hybridized carbons (Fsp3) is 0.423. The Labute approximate surface area is 240 Å². The molecule has 0 aliphatic carbocycles. The number of nitrogens with zero attached hydrogens (tertiary/aromatic N) is 4. The second kappa shape index (κ2) is 12.1. The van der Waals surface area contributed by atoms with Gasteiger partial charge < -0.3 is 4.90 Å². The van der Waals surface area contributed by atoms with Gasteiger partial charge in [-0.15, -0.1) is 0 Å². The summed E-state index contributed by atoms with van der Waals surface area (Å²) in [7, 11) is -8.29. The number of carbonyl (C=O) groups excluding carboxylic acids is 1. The van der Waals surface area contributed by atoms with Crippen LogP contribution in [0, 0.1) is 18.7 Å². The average molecular weight is 632 g/mol. The fourth-order valence-corrected chi connectivity index (χ4v) is 7.16. The molecule has 0 spiro atoms. The zero-order valence-electron chi connectivity index (χ0n) is 22.5. The normalized spacial score (nSPS) is 15.2. The van der Waals surface area contributed by atoms with Crippen LogP contribution in [0.3, 0.4) is 0 Å². The van der Waals surface area contributed by atoms with Crippen LogP contribution >= 0.6 is 0 Å². The van der Waals surface area contributed by atoms with Gasteiger partial charge in [0.25, 0.3) is 0 Å². The van der Waals surface area contributed by atoms with E-state index in [1.54, 1.807) is 11.8 Å². The number of rotatable bonds is 9. The van der Waals surface area contributed by atoms with Gasteiger partial charge in [-0.25, -0.2) is 26.4 Å². The minimum Gasteiger partial charge on any atom is -0.343 e. The van der Waals surface area contributed by atoms with E-state index in [1.165, 1.54) is 17.1 Å². The van der Waals surface area contributed by atoms with Crippen LogP contribution < -0.4 is 5.14 Å². The van der Waals surface area contributed by atoms with E-state index >= 15 is 0 Å². The van der Waals surface area contributed by atoms with Crippen LogP contribution in [0.2, 0.25) is 0 Å². The molecule has 3 aromatic rings. The number of nitrogens with two attached hydrogens (primary N) is 1. The molecule has 0 radical (unpaired) electrons. The van der Waals surface area contributed by atoms with E-state index in [0.717, 1.165) is 24.3 Å². The van der Waals surface area contributed by atoms with Gasteiger partial charge in [0.2, 0.25) is 15.9 Å². The number of amides is 1. The highest BCUT2D eigenvalue weighted by Gasteiger charge is 2.32. The standard InChI is InChI=1S/C26H29F4N5O5S2/c1-17-14-32-35(33-17)15-20-12-21(26(28,29)30)4-2-19(20)3-7-25(36)34-10-8-18(9-11-34)16-41(37,38)24-6-5-22(13-23(24)27)42(31,39)40/h2,4-6,12-14,18H,3,7-11,15-16H2,1H3,(H2,31,39,40). The maximum atomic E-state index is 14.4. The first kappa shape index (κ1) is 31.6. The summed E-state index contributed by atoms with van der Waals surface area (Å²) in [4.78, 5) is 14.6. The summed E-state index contributed by atoms with van der Waals surface area (Å²) in [5, 5.41) is 13.1. The Kier molecular flexibility index (Phi) is 9.08. The van der Waals surface area contributed by atoms with Crippen molar-refractivity contribution in [3.63, 3.8) is 0 Å². The Morgan fingerprint density at radius 1 is 1.05 bits per heavy atom. The van der Waals surface area contributed by atoms with Gasteiger partial charge in [-0.05, 0) is 73.6 Å². The summed E-state index contributed by atoms with van der Waals surface area (Å²) >= 11 is 0. The lowest BCUT2D eigenvalue weighted by molar-refractivity contribution is -0.137. The van der Waals surface area contributed by atoms with E-state index in [2.05, 4.69) is 10.2 Å². The van der Waals surface area contributed by atoms with Crippen LogP contribution in [0.5, 0.6) is 0 Å². The van der Waals surface area contributed by atoms with Crippen molar-refractivity contribution in [3.8, 4) is 0 Å². The molecule has 1 aliphatic rings. The molecule has 1 amide bonds. The van der Waals surface area contributed by atoms with Crippen molar-refractivity contribution < 1.29 is 39.2 Å². The maximum absolute atomic E-state index is 14.4. The molecule has 0 unspecified atom stereocenters. The summed E-state index contributed by atoms with van der Waals surface area (Å²) in [6, 6.07) is 5.74. The van der Waals surface area contributed by atoms with Gasteiger partial charge in [0, 0.05) is 19.5 Å². The molecule has 1 fully saturated rings. The van der Waals surface area contributed by atoms with E-state index in [1.807, 2.05) is 0 Å². The Balaban J connectivity index is 1.36. The molecule has 42 heavy (non-hydrogen) atoms. The van der Waals surface area contributed by atoms with Crippen molar-refractivity contribution in [2.75, 3.05) is 18.8 Å². The number of alkyl halides is 3. The van der Waals surface area contributed by atoms with Crippen LogP contribution in [0.25, 0.3) is 0 Å². The van der Waals surface area contributed by atoms with Gasteiger partial charge in [0.05, 0.1) is 34.6 Å². The number of benzene rings is 2. The molecule has 1 aliphatic heterocycles. The lowest BCUT2D eigenvalue weighted by Gasteiger charge is -2.32. The zero-order chi connectivity index (χ0) is 30.9. The third-order valence-corrected chi connectivity index (χ3v) is 9.92. The first-order valence-electron chi connectivity index (χ1n) is 12.9. The Morgan fingerprint density at radius 3 is 2.31 bits per heavy atom. The zero-order valence-corrected chi connectivity index (χ0v) is 24.1. The minimum absolute atomic E-state index is 0.00646. The van der Waals surface area contributed by atoms with Crippen LogP contribution in [0.4, 0.5) is 17.6 Å². The second-order valence-corrected chi connectivity index (χ2v) is 13.8. The number of sulfonamides is 1. The van der Waals surface area contributed by atoms with Gasteiger partial charge in [-0.3, -0.25) is 4.79 Å². The number of halogens is 4. The molecule has 2 N–H and O–H groups in total. The van der Waals surface area contributed by atoms with Crippen molar-refractivity contribution in [2.45, 2.75) is 55.1 Å². The second-order valence-electron chi connectivity index (χ2n) is 10.2. The highest BCUT2D eigenvalue weighted by molar-refractivity contribution is 7.91. The van der Waals surface area contributed by atoms with E-state index in [0.29, 0.717) is 35.7 Å². The monoisotopic (exact) mass is 631 g/mol. The van der Waals surface area contributed by atoms with Crippen molar-refractivity contribution in [1.82, 2.24) is 19.9 Å². The largest absolute Gasteiger partial charge is 0.416 e. The number of sulfone groups is 1. The molecule has 228 valence electrons. The summed E-state index contributed by atoms with van der Waals surface area (Å²) in [5.74, 6) is -2.17. The predicted molar refractivity (Wildman–Crippen MR) is 143 cm³/mol. The van der Waals surface area contributed by atoms with Crippen LogP contribution in [-0.2, 0) is 43.8 Å². The smallest absolute Gasteiger partial charge is 0.343 e. The molecule has 16 heteroatoms. The van der Waals surface area contributed by atoms with Crippen molar-refractivity contribution in [2.24, 2.45) is 11.1 Å². The first-order chi connectivity index (χ1) is 19.5. The van der Waals surface area contributed by atoms with E-state index in [4.69, 9.17) is 5.14 Å². The topological polar surface area (TPSA) is 145 Å². The van der Waals surface area contributed by atoms with Crippen LogP contribution in [0.15, 0.2) is 52.4 Å². The van der Waals surface area contributed by atoms with Crippen molar-refractivity contribution in [3.05, 3.63) is 70.8 Å². The highest BCUT2D eigenvalue weighted by atomic mass is 32.2. The van der Waals surface area contributed by atoms with E-state index < -0.39 is 47.2 Å². The number of aromatic nitrogens is 3. The molecular weight excluding hydrogens is 602 g/mol. The molecule has 2 heterocycles. The molecule has 1 aromatic heterocycles. The molecule has 0 saturated carbocycles. The number of hydrogen-bond donors (Lipinski definition) is 1. The highest BCUT2D eigenvalue weighted by Crippen LogP contribution is 2.31. The maximum Gasteiger partial charge on any atom is 0.416 e. The quantitative estimate of drug-likeness (QED) is 0.357. The summed E-state index contributed by atoms with van der Waals surface area (Å²) in [6.45, 7) is 2.25.